The highest BCUT2D eigenvalue weighted by Gasteiger charge is 2.16. The minimum Gasteiger partial charge on any atom is -0.497 e. The topological polar surface area (TPSA) is 44.7 Å². The number of nitrogens with zero attached hydrogens (tertiary/aromatic N) is 1. The molecule has 0 aliphatic carbocycles. The van der Waals surface area contributed by atoms with Crippen LogP contribution in [0.15, 0.2) is 24.3 Å². The van der Waals surface area contributed by atoms with Gasteiger partial charge in [0, 0.05) is 6.54 Å². The number of aliphatic hydroxyl groups excluding tert-OH is 1. The number of rotatable bonds is 7. The molecule has 21 heavy (non-hydrogen) atoms. The lowest BCUT2D eigenvalue weighted by Crippen LogP contribution is -2.32. The van der Waals surface area contributed by atoms with E-state index in [4.69, 9.17) is 4.74 Å². The second-order valence-corrected chi connectivity index (χ2v) is 6.03. The second-order valence-electron chi connectivity index (χ2n) is 6.03. The summed E-state index contributed by atoms with van der Waals surface area (Å²) in [6.07, 6.45) is 3.37. The summed E-state index contributed by atoms with van der Waals surface area (Å²) < 4.78 is 5.12. The molecule has 1 fully saturated rings. The highest BCUT2D eigenvalue weighted by atomic mass is 16.5. The minimum atomic E-state index is -0.451. The summed E-state index contributed by atoms with van der Waals surface area (Å²) >= 11 is 0. The molecule has 0 bridgehead atoms. The van der Waals surface area contributed by atoms with Gasteiger partial charge in [-0.2, -0.15) is 0 Å². The van der Waals surface area contributed by atoms with Crippen LogP contribution in [0.25, 0.3) is 0 Å². The maximum absolute atomic E-state index is 10.1. The largest absolute Gasteiger partial charge is 0.497 e. The fraction of sp³-hybridized carbons (Fsp3) is 0.647. The van der Waals surface area contributed by atoms with Gasteiger partial charge in [-0.25, -0.2) is 0 Å². The van der Waals surface area contributed by atoms with Gasteiger partial charge in [0.2, 0.25) is 0 Å². The first-order valence-corrected chi connectivity index (χ1v) is 7.90. The van der Waals surface area contributed by atoms with Crippen molar-refractivity contribution in [3.05, 3.63) is 29.8 Å². The van der Waals surface area contributed by atoms with E-state index in [1.54, 1.807) is 7.11 Å². The Morgan fingerprint density at radius 2 is 1.95 bits per heavy atom. The van der Waals surface area contributed by atoms with Gasteiger partial charge in [0.1, 0.15) is 5.75 Å². The molecule has 4 heteroatoms. The summed E-state index contributed by atoms with van der Waals surface area (Å²) in [5.74, 6) is 1.66. The van der Waals surface area contributed by atoms with Gasteiger partial charge in [0.15, 0.2) is 0 Å². The third-order valence-corrected chi connectivity index (χ3v) is 4.41. The van der Waals surface area contributed by atoms with Gasteiger partial charge in [-0.15, -0.1) is 0 Å². The quantitative estimate of drug-likeness (QED) is 0.755. The average Bonchev–Trinajstić information content (AvgIpc) is 2.53. The van der Waals surface area contributed by atoms with E-state index in [2.05, 4.69) is 17.3 Å². The van der Waals surface area contributed by atoms with E-state index in [-0.39, 0.29) is 0 Å². The number of ether oxygens (including phenoxy) is 1. The molecule has 0 radical (unpaired) electrons. The average molecular weight is 292 g/mol. The van der Waals surface area contributed by atoms with Crippen LogP contribution in [0.3, 0.4) is 0 Å². The molecule has 1 aromatic rings. The predicted octanol–water partition coefficient (Wildman–Crippen LogP) is 2.05. The molecule has 1 aromatic carbocycles. The predicted molar refractivity (Wildman–Crippen MR) is 85.7 cm³/mol. The highest BCUT2D eigenvalue weighted by Crippen LogP contribution is 2.19. The van der Waals surface area contributed by atoms with Gasteiger partial charge in [0.05, 0.1) is 13.2 Å². The van der Waals surface area contributed by atoms with Crippen molar-refractivity contribution in [2.24, 2.45) is 5.92 Å². The van der Waals surface area contributed by atoms with Crippen molar-refractivity contribution < 1.29 is 9.84 Å². The van der Waals surface area contributed by atoms with Crippen LogP contribution in [0, 0.1) is 5.92 Å². The number of hydrogen-bond acceptors (Lipinski definition) is 4. The van der Waals surface area contributed by atoms with Gasteiger partial charge < -0.3 is 20.1 Å². The molecule has 1 heterocycles. The Balaban J connectivity index is 1.63. The Morgan fingerprint density at radius 1 is 1.29 bits per heavy atom. The van der Waals surface area contributed by atoms with Crippen LogP contribution in [0.1, 0.15) is 30.9 Å². The van der Waals surface area contributed by atoms with E-state index >= 15 is 0 Å². The lowest BCUT2D eigenvalue weighted by Gasteiger charge is -2.29. The monoisotopic (exact) mass is 292 g/mol. The SMILES string of the molecule is COc1ccc(C(O)CNCCC2CCN(C)CC2)cc1. The molecule has 0 aromatic heterocycles. The van der Waals surface area contributed by atoms with Crippen molar-refractivity contribution in [1.29, 1.82) is 0 Å². The van der Waals surface area contributed by atoms with Crippen LogP contribution in [0.5, 0.6) is 5.75 Å². The van der Waals surface area contributed by atoms with E-state index in [0.717, 1.165) is 23.8 Å². The summed E-state index contributed by atoms with van der Waals surface area (Å²) in [7, 11) is 3.84. The molecule has 0 amide bonds. The number of likely N-dealkylation sites (tertiary alicyclic amines) is 1. The van der Waals surface area contributed by atoms with Crippen molar-refractivity contribution in [3.63, 3.8) is 0 Å². The van der Waals surface area contributed by atoms with Crippen molar-refractivity contribution in [2.75, 3.05) is 40.3 Å². The van der Waals surface area contributed by atoms with Crippen LogP contribution in [0.2, 0.25) is 0 Å². The third kappa shape index (κ3) is 5.30. The maximum Gasteiger partial charge on any atom is 0.118 e. The zero-order valence-electron chi connectivity index (χ0n) is 13.2. The first-order chi connectivity index (χ1) is 10.2. The second kappa shape index (κ2) is 8.37. The van der Waals surface area contributed by atoms with Crippen molar-refractivity contribution in [2.45, 2.75) is 25.4 Å². The molecule has 1 aliphatic rings. The molecule has 2 rings (SSSR count). The highest BCUT2D eigenvalue weighted by molar-refractivity contribution is 5.28. The summed E-state index contributed by atoms with van der Waals surface area (Å²) in [5, 5.41) is 13.5. The fourth-order valence-electron chi connectivity index (χ4n) is 2.84. The first-order valence-electron chi connectivity index (χ1n) is 7.90. The van der Waals surface area contributed by atoms with Crippen molar-refractivity contribution in [1.82, 2.24) is 10.2 Å². The Hall–Kier alpha value is -1.10. The Labute approximate surface area is 128 Å². The summed E-state index contributed by atoms with van der Waals surface area (Å²) in [6.45, 7) is 4.04. The molecule has 1 aliphatic heterocycles. The Kier molecular flexibility index (Phi) is 6.49. The molecule has 1 unspecified atom stereocenters. The van der Waals surface area contributed by atoms with Gasteiger partial charge in [0.25, 0.3) is 0 Å². The zero-order chi connectivity index (χ0) is 15.1. The number of aliphatic hydroxyl groups is 1. The van der Waals surface area contributed by atoms with Gasteiger partial charge in [-0.3, -0.25) is 0 Å². The lowest BCUT2D eigenvalue weighted by molar-refractivity contribution is 0.171. The van der Waals surface area contributed by atoms with Crippen molar-refractivity contribution in [3.8, 4) is 5.75 Å². The van der Waals surface area contributed by atoms with E-state index in [1.807, 2.05) is 24.3 Å². The van der Waals surface area contributed by atoms with Crippen LogP contribution < -0.4 is 10.1 Å². The Bertz CT molecular complexity index is 400. The van der Waals surface area contributed by atoms with Gasteiger partial charge in [-0.1, -0.05) is 12.1 Å². The molecule has 2 N–H and O–H groups in total. The number of piperidine rings is 1. The van der Waals surface area contributed by atoms with Crippen LogP contribution in [-0.2, 0) is 0 Å². The molecule has 1 saturated heterocycles. The number of hydrogen-bond donors (Lipinski definition) is 2. The smallest absolute Gasteiger partial charge is 0.118 e. The van der Waals surface area contributed by atoms with Gasteiger partial charge in [-0.05, 0) is 69.6 Å². The third-order valence-electron chi connectivity index (χ3n) is 4.41. The maximum atomic E-state index is 10.1. The van der Waals surface area contributed by atoms with Crippen LogP contribution in [-0.4, -0.2) is 50.3 Å². The standard InChI is InChI=1S/C17H28N2O2/c1-19-11-8-14(9-12-19)7-10-18-13-17(20)15-3-5-16(21-2)6-4-15/h3-6,14,17-18,20H,7-13H2,1-2H3. The van der Waals surface area contributed by atoms with E-state index in [0.29, 0.717) is 6.54 Å². The zero-order valence-corrected chi connectivity index (χ0v) is 13.2. The summed E-state index contributed by atoms with van der Waals surface area (Å²) in [6, 6.07) is 7.61. The number of nitrogens with one attached hydrogen (secondary N) is 1. The first kappa shape index (κ1) is 16.3. The molecule has 0 saturated carbocycles. The minimum absolute atomic E-state index is 0.451. The number of benzene rings is 1. The van der Waals surface area contributed by atoms with Gasteiger partial charge >= 0.3 is 0 Å². The molecule has 1 atom stereocenters. The van der Waals surface area contributed by atoms with E-state index in [1.165, 1.54) is 32.4 Å². The normalized spacial score (nSPS) is 18.6. The fourth-order valence-corrected chi connectivity index (χ4v) is 2.84. The molecule has 4 nitrogen and oxygen atoms in total. The Morgan fingerprint density at radius 3 is 2.57 bits per heavy atom. The van der Waals surface area contributed by atoms with E-state index < -0.39 is 6.10 Å². The summed E-state index contributed by atoms with van der Waals surface area (Å²) in [5.41, 5.74) is 0.933. The van der Waals surface area contributed by atoms with Crippen LogP contribution >= 0.6 is 0 Å². The molecular weight excluding hydrogens is 264 g/mol. The molecule has 118 valence electrons. The van der Waals surface area contributed by atoms with Crippen LogP contribution in [0.4, 0.5) is 0 Å². The summed E-state index contributed by atoms with van der Waals surface area (Å²) in [4.78, 5) is 2.40. The number of methoxy groups -OCH3 is 1. The van der Waals surface area contributed by atoms with Crippen molar-refractivity contribution >= 4 is 0 Å². The lowest BCUT2D eigenvalue weighted by atomic mass is 9.94. The molecular formula is C17H28N2O2. The molecule has 0 spiro atoms. The van der Waals surface area contributed by atoms with E-state index in [9.17, 15) is 5.11 Å².